The van der Waals surface area contributed by atoms with Crippen LogP contribution < -0.4 is 10.1 Å². The highest BCUT2D eigenvalue weighted by atomic mass is 35.5. The normalized spacial score (nSPS) is 13.3. The molecule has 0 aliphatic carbocycles. The van der Waals surface area contributed by atoms with Crippen molar-refractivity contribution in [2.75, 3.05) is 14.2 Å². The van der Waals surface area contributed by atoms with Crippen molar-refractivity contribution < 1.29 is 27.4 Å². The number of methoxy groups -OCH3 is 2. The highest BCUT2D eigenvalue weighted by Gasteiger charge is 2.57. The number of aryl methyl sites for hydroxylation is 1. The lowest BCUT2D eigenvalue weighted by atomic mass is 10.0. The van der Waals surface area contributed by atoms with Crippen LogP contribution in [0, 0.1) is 6.92 Å². The second-order valence-corrected chi connectivity index (χ2v) is 8.48. The first-order valence-electron chi connectivity index (χ1n) is 10.1. The molecule has 1 unspecified atom stereocenters. The maximum Gasteiger partial charge on any atom is 0.426 e. The minimum atomic E-state index is -4.89. The molecule has 0 saturated carbocycles. The van der Waals surface area contributed by atoms with E-state index in [2.05, 4.69) is 25.0 Å². The predicted molar refractivity (Wildman–Crippen MR) is 125 cm³/mol. The number of carbonyl (C=O) groups is 1. The van der Waals surface area contributed by atoms with Crippen LogP contribution in [0.15, 0.2) is 36.4 Å². The van der Waals surface area contributed by atoms with Crippen LogP contribution in [0.2, 0.25) is 10.0 Å². The van der Waals surface area contributed by atoms with Crippen molar-refractivity contribution in [3.63, 3.8) is 0 Å². The molecule has 1 heterocycles. The standard InChI is InChI=1S/C23H21Cl2F3N4O3/c1-12-9-14(6-8-16(12)24)18-30-19(32-21(31-18)34-3)15-10-13(5-7-17(15)25)11-29-20(33)22(2,35-4)23(26,27)28/h5-10H,11H2,1-4H3,(H,29,33). The molecule has 1 aromatic heterocycles. The van der Waals surface area contributed by atoms with Crippen molar-refractivity contribution in [1.82, 2.24) is 20.3 Å². The lowest BCUT2D eigenvalue weighted by molar-refractivity contribution is -0.253. The number of aromatic nitrogens is 3. The van der Waals surface area contributed by atoms with Crippen LogP contribution in [0.1, 0.15) is 18.1 Å². The molecule has 7 nitrogen and oxygen atoms in total. The lowest BCUT2D eigenvalue weighted by Gasteiger charge is -2.29. The summed E-state index contributed by atoms with van der Waals surface area (Å²) in [6.45, 7) is 2.28. The average Bonchev–Trinajstić information content (AvgIpc) is 2.83. The molecule has 1 atom stereocenters. The summed E-state index contributed by atoms with van der Waals surface area (Å²) >= 11 is 12.5. The molecule has 0 fully saturated rings. The monoisotopic (exact) mass is 528 g/mol. The van der Waals surface area contributed by atoms with Gasteiger partial charge in [0.25, 0.3) is 5.91 Å². The lowest BCUT2D eigenvalue weighted by Crippen LogP contribution is -2.55. The van der Waals surface area contributed by atoms with Crippen LogP contribution >= 0.6 is 23.2 Å². The molecule has 3 rings (SSSR count). The van der Waals surface area contributed by atoms with Crippen LogP contribution in [-0.2, 0) is 16.1 Å². The van der Waals surface area contributed by atoms with Gasteiger partial charge in [-0.1, -0.05) is 29.3 Å². The number of benzene rings is 2. The van der Waals surface area contributed by atoms with Gasteiger partial charge in [-0.2, -0.15) is 23.1 Å². The number of amides is 1. The van der Waals surface area contributed by atoms with Crippen molar-refractivity contribution in [3.8, 4) is 28.8 Å². The van der Waals surface area contributed by atoms with Gasteiger partial charge in [-0.3, -0.25) is 4.79 Å². The van der Waals surface area contributed by atoms with Gasteiger partial charge in [0.05, 0.1) is 12.1 Å². The summed E-state index contributed by atoms with van der Waals surface area (Å²) in [6.07, 6.45) is -4.89. The molecule has 12 heteroatoms. The maximum absolute atomic E-state index is 13.3. The van der Waals surface area contributed by atoms with Crippen LogP contribution in [0.4, 0.5) is 13.2 Å². The number of hydrogen-bond donors (Lipinski definition) is 1. The summed E-state index contributed by atoms with van der Waals surface area (Å²) in [5, 5.41) is 3.12. The first-order valence-corrected chi connectivity index (χ1v) is 10.9. The SMILES string of the molecule is COc1nc(-c2ccc(Cl)c(C)c2)nc(-c2cc(CNC(=O)C(C)(OC)C(F)(F)F)ccc2Cl)n1. The zero-order valence-corrected chi connectivity index (χ0v) is 20.6. The Morgan fingerprint density at radius 1 is 1.00 bits per heavy atom. The predicted octanol–water partition coefficient (Wildman–Crippen LogP) is 5.41. The number of carbonyl (C=O) groups excluding carboxylic acids is 1. The number of halogens is 5. The fourth-order valence-corrected chi connectivity index (χ4v) is 3.34. The third kappa shape index (κ3) is 5.66. The number of nitrogens with zero attached hydrogens (tertiary/aromatic N) is 3. The van der Waals surface area contributed by atoms with Crippen molar-refractivity contribution in [2.45, 2.75) is 32.2 Å². The molecule has 1 N–H and O–H groups in total. The summed E-state index contributed by atoms with van der Waals surface area (Å²) in [6, 6.07) is 9.95. The van der Waals surface area contributed by atoms with Gasteiger partial charge >= 0.3 is 12.2 Å². The van der Waals surface area contributed by atoms with E-state index in [4.69, 9.17) is 27.9 Å². The molecule has 0 saturated heterocycles. The molecule has 0 radical (unpaired) electrons. The van der Waals surface area contributed by atoms with Crippen LogP contribution in [-0.4, -0.2) is 46.9 Å². The van der Waals surface area contributed by atoms with Gasteiger partial charge in [0.1, 0.15) is 0 Å². The zero-order valence-electron chi connectivity index (χ0n) is 19.1. The number of hydrogen-bond acceptors (Lipinski definition) is 6. The third-order valence-electron chi connectivity index (χ3n) is 5.32. The van der Waals surface area contributed by atoms with E-state index in [1.807, 2.05) is 13.0 Å². The van der Waals surface area contributed by atoms with Crippen molar-refractivity contribution in [2.24, 2.45) is 0 Å². The summed E-state index contributed by atoms with van der Waals surface area (Å²) < 4.78 is 49.5. The summed E-state index contributed by atoms with van der Waals surface area (Å²) in [5.41, 5.74) is -0.671. The van der Waals surface area contributed by atoms with Crippen LogP contribution in [0.25, 0.3) is 22.8 Å². The van der Waals surface area contributed by atoms with E-state index in [9.17, 15) is 18.0 Å². The number of ether oxygens (including phenoxy) is 2. The molecule has 0 aliphatic rings. The van der Waals surface area contributed by atoms with Gasteiger partial charge in [0.2, 0.25) is 5.60 Å². The van der Waals surface area contributed by atoms with Crippen LogP contribution in [0.3, 0.4) is 0 Å². The van der Waals surface area contributed by atoms with E-state index in [1.54, 1.807) is 24.3 Å². The Morgan fingerprint density at radius 3 is 2.26 bits per heavy atom. The smallest absolute Gasteiger partial charge is 0.426 e. The number of nitrogens with one attached hydrogen (secondary N) is 1. The minimum Gasteiger partial charge on any atom is -0.467 e. The summed E-state index contributed by atoms with van der Waals surface area (Å²) in [7, 11) is 2.22. The summed E-state index contributed by atoms with van der Waals surface area (Å²) in [4.78, 5) is 25.3. The van der Waals surface area contributed by atoms with Crippen molar-refractivity contribution >= 4 is 29.1 Å². The molecular formula is C23H21Cl2F3N4O3. The van der Waals surface area contributed by atoms with Crippen molar-refractivity contribution in [3.05, 3.63) is 57.6 Å². The quantitative estimate of drug-likeness (QED) is 0.441. The number of rotatable bonds is 7. The van der Waals surface area contributed by atoms with Gasteiger partial charge in [-0.05, 0) is 55.3 Å². The Morgan fingerprint density at radius 2 is 1.66 bits per heavy atom. The van der Waals surface area contributed by atoms with E-state index in [1.165, 1.54) is 13.2 Å². The first kappa shape index (κ1) is 26.7. The molecule has 0 bridgehead atoms. The Bertz CT molecular complexity index is 1260. The highest BCUT2D eigenvalue weighted by molar-refractivity contribution is 6.33. The Balaban J connectivity index is 1.95. The molecule has 0 aliphatic heterocycles. The maximum atomic E-state index is 13.3. The molecule has 1 amide bonds. The molecular weight excluding hydrogens is 508 g/mol. The van der Waals surface area contributed by atoms with E-state index in [-0.39, 0.29) is 23.4 Å². The van der Waals surface area contributed by atoms with Crippen LogP contribution in [0.5, 0.6) is 6.01 Å². The van der Waals surface area contributed by atoms with E-state index in [0.717, 1.165) is 12.7 Å². The van der Waals surface area contributed by atoms with Gasteiger partial charge in [-0.25, -0.2) is 4.98 Å². The Hall–Kier alpha value is -2.95. The highest BCUT2D eigenvalue weighted by Crippen LogP contribution is 2.34. The molecule has 2 aromatic carbocycles. The summed E-state index contributed by atoms with van der Waals surface area (Å²) in [5.74, 6) is -0.844. The Labute approximate surface area is 209 Å². The van der Waals surface area contributed by atoms with E-state index in [0.29, 0.717) is 34.5 Å². The zero-order chi connectivity index (χ0) is 26.0. The van der Waals surface area contributed by atoms with Gasteiger partial charge in [0, 0.05) is 29.8 Å². The van der Waals surface area contributed by atoms with Gasteiger partial charge in [-0.15, -0.1) is 0 Å². The molecule has 3 aromatic rings. The van der Waals surface area contributed by atoms with E-state index >= 15 is 0 Å². The molecule has 186 valence electrons. The second-order valence-electron chi connectivity index (χ2n) is 7.67. The molecule has 0 spiro atoms. The van der Waals surface area contributed by atoms with Gasteiger partial charge < -0.3 is 14.8 Å². The van der Waals surface area contributed by atoms with Crippen molar-refractivity contribution in [1.29, 1.82) is 0 Å². The fourth-order valence-electron chi connectivity index (χ4n) is 3.02. The van der Waals surface area contributed by atoms with E-state index < -0.39 is 17.7 Å². The average molecular weight is 529 g/mol. The topological polar surface area (TPSA) is 86.2 Å². The number of alkyl halides is 3. The minimum absolute atomic E-state index is 0.0356. The first-order chi connectivity index (χ1) is 16.4. The largest absolute Gasteiger partial charge is 0.467 e. The third-order valence-corrected chi connectivity index (χ3v) is 6.07. The Kier molecular flexibility index (Phi) is 7.88. The second kappa shape index (κ2) is 10.3. The molecule has 35 heavy (non-hydrogen) atoms. The van der Waals surface area contributed by atoms with Gasteiger partial charge in [0.15, 0.2) is 11.6 Å². The fraction of sp³-hybridized carbons (Fsp3) is 0.304.